The summed E-state index contributed by atoms with van der Waals surface area (Å²) in [7, 11) is 1.66. The van der Waals surface area contributed by atoms with Gasteiger partial charge in [0.25, 0.3) is 11.8 Å². The number of hydrogen-bond donors (Lipinski definition) is 3. The van der Waals surface area contributed by atoms with Gasteiger partial charge in [0.1, 0.15) is 11.5 Å². The molecule has 1 unspecified atom stereocenters. The van der Waals surface area contributed by atoms with Crippen molar-refractivity contribution < 1.29 is 18.7 Å². The third-order valence-corrected chi connectivity index (χ3v) is 7.69. The second kappa shape index (κ2) is 13.0. The van der Waals surface area contributed by atoms with Crippen LogP contribution in [0.4, 0.5) is 27.1 Å². The van der Waals surface area contributed by atoms with Crippen molar-refractivity contribution in [3.8, 4) is 0 Å². The zero-order valence-electron chi connectivity index (χ0n) is 24.2. The van der Waals surface area contributed by atoms with Crippen LogP contribution in [0.3, 0.4) is 0 Å². The normalized spacial score (nSPS) is 17.3. The molecule has 10 heteroatoms. The molecule has 1 aliphatic heterocycles. The Hall–Kier alpha value is -4.44. The zero-order chi connectivity index (χ0) is 29.6. The van der Waals surface area contributed by atoms with E-state index < -0.39 is 5.82 Å². The van der Waals surface area contributed by atoms with Gasteiger partial charge in [-0.2, -0.15) is 5.10 Å². The first-order chi connectivity index (χ1) is 20.3. The number of allylic oxidation sites excluding steroid dienone is 3. The first-order valence-corrected chi connectivity index (χ1v) is 14.4. The fraction of sp³-hybridized carbons (Fsp3) is 0.344. The zero-order valence-corrected chi connectivity index (χ0v) is 24.2. The predicted octanol–water partition coefficient (Wildman–Crippen LogP) is 5.84. The van der Waals surface area contributed by atoms with E-state index in [1.54, 1.807) is 49.5 Å². The summed E-state index contributed by atoms with van der Waals surface area (Å²) in [5.41, 5.74) is 4.31. The minimum Gasteiger partial charge on any atom is -0.378 e. The molecule has 2 amide bonds. The van der Waals surface area contributed by atoms with Gasteiger partial charge in [-0.25, -0.2) is 4.39 Å². The molecule has 220 valence electrons. The van der Waals surface area contributed by atoms with Gasteiger partial charge in [0, 0.05) is 67.2 Å². The number of nitrogens with zero attached hydrogens (tertiary/aromatic N) is 3. The summed E-state index contributed by atoms with van der Waals surface area (Å²) in [6.45, 7) is 6.92. The summed E-state index contributed by atoms with van der Waals surface area (Å²) in [4.78, 5) is 27.8. The van der Waals surface area contributed by atoms with E-state index in [1.807, 2.05) is 13.0 Å². The van der Waals surface area contributed by atoms with E-state index in [-0.39, 0.29) is 23.4 Å². The molecule has 0 bridgehead atoms. The maximum absolute atomic E-state index is 14.8. The highest BCUT2D eigenvalue weighted by Gasteiger charge is 2.27. The average Bonchev–Trinajstić information content (AvgIpc) is 3.42. The molecule has 1 aliphatic carbocycles. The maximum Gasteiger partial charge on any atom is 0.273 e. The molecule has 0 radical (unpaired) electrons. The lowest BCUT2D eigenvalue weighted by atomic mass is 9.90. The molecule has 9 nitrogen and oxygen atoms in total. The summed E-state index contributed by atoms with van der Waals surface area (Å²) in [5.74, 6) is -0.751. The summed E-state index contributed by atoms with van der Waals surface area (Å²) < 4.78 is 22.0. The van der Waals surface area contributed by atoms with Crippen molar-refractivity contribution in [1.82, 2.24) is 14.7 Å². The molecule has 5 rings (SSSR count). The number of nitrogens with one attached hydrogen (secondary N) is 3. The lowest BCUT2D eigenvalue weighted by molar-refractivity contribution is -0.113. The standard InChI is InChI=1S/C32H37FN6O3/c1-4-42-26-14-17-39(18-15-26)29-12-5-22(19-21(29)2)31(40)36-24-8-6-23(7-9-24)35-28-11-10-25(20-27(28)33)37-32(41)30-13-16-34-38(30)3/h5-13,16,20-21,26,35H,4,14-15,17-19H2,1-3H3,(H,36,40)(H,37,41). The van der Waals surface area contributed by atoms with Gasteiger partial charge in [0.05, 0.1) is 11.8 Å². The van der Waals surface area contributed by atoms with Crippen LogP contribution < -0.4 is 16.0 Å². The molecule has 2 aromatic carbocycles. The van der Waals surface area contributed by atoms with E-state index in [2.05, 4.69) is 38.9 Å². The lowest BCUT2D eigenvalue weighted by Gasteiger charge is -2.38. The van der Waals surface area contributed by atoms with Gasteiger partial charge in [-0.15, -0.1) is 0 Å². The van der Waals surface area contributed by atoms with Crippen LogP contribution >= 0.6 is 0 Å². The molecule has 2 heterocycles. The Labute approximate surface area is 245 Å². The SMILES string of the molecule is CCOC1CCN(C2=CC=C(C(=O)Nc3ccc(Nc4ccc(NC(=O)c5ccnn5C)cc4F)cc3)CC2C)CC1. The number of likely N-dealkylation sites (tertiary alicyclic amines) is 1. The Morgan fingerprint density at radius 3 is 2.31 bits per heavy atom. The van der Waals surface area contributed by atoms with Crippen molar-refractivity contribution in [1.29, 1.82) is 0 Å². The van der Waals surface area contributed by atoms with Crippen LogP contribution in [-0.4, -0.2) is 52.3 Å². The molecular formula is C32H37FN6O3. The number of hydrogen-bond acceptors (Lipinski definition) is 6. The molecule has 2 aliphatic rings. The summed E-state index contributed by atoms with van der Waals surface area (Å²) in [5, 5.41) is 12.7. The number of anilines is 4. The average molecular weight is 573 g/mol. The third kappa shape index (κ3) is 6.88. The van der Waals surface area contributed by atoms with Crippen molar-refractivity contribution in [3.63, 3.8) is 0 Å². The highest BCUT2D eigenvalue weighted by atomic mass is 19.1. The predicted molar refractivity (Wildman–Crippen MR) is 162 cm³/mol. The van der Waals surface area contributed by atoms with E-state index in [0.717, 1.165) is 38.1 Å². The number of aryl methyl sites for hydroxylation is 1. The molecule has 0 spiro atoms. The fourth-order valence-corrected chi connectivity index (χ4v) is 5.44. The van der Waals surface area contributed by atoms with E-state index in [1.165, 1.54) is 22.6 Å². The number of carbonyl (C=O) groups is 2. The summed E-state index contributed by atoms with van der Waals surface area (Å²) in [6, 6.07) is 13.1. The van der Waals surface area contributed by atoms with Gasteiger partial charge in [-0.05, 0) is 80.8 Å². The highest BCUT2D eigenvalue weighted by Crippen LogP contribution is 2.31. The number of amides is 2. The van der Waals surface area contributed by atoms with Crippen LogP contribution in [0.15, 0.2) is 78.1 Å². The number of halogens is 1. The largest absolute Gasteiger partial charge is 0.378 e. The van der Waals surface area contributed by atoms with E-state index in [0.29, 0.717) is 35.3 Å². The molecule has 1 saturated heterocycles. The number of benzene rings is 2. The van der Waals surface area contributed by atoms with Gasteiger partial charge in [0.15, 0.2) is 0 Å². The molecule has 0 saturated carbocycles. The first kappa shape index (κ1) is 29.1. The monoisotopic (exact) mass is 572 g/mol. The Balaban J connectivity index is 1.15. The lowest BCUT2D eigenvalue weighted by Crippen LogP contribution is -2.38. The van der Waals surface area contributed by atoms with Crippen LogP contribution in [-0.2, 0) is 16.6 Å². The minimum atomic E-state index is -0.514. The molecule has 3 aromatic rings. The summed E-state index contributed by atoms with van der Waals surface area (Å²) in [6.07, 6.45) is 8.63. The van der Waals surface area contributed by atoms with E-state index >= 15 is 0 Å². The number of carbonyl (C=O) groups excluding carboxylic acids is 2. The van der Waals surface area contributed by atoms with Crippen molar-refractivity contribution in [2.45, 2.75) is 39.2 Å². The molecule has 1 aromatic heterocycles. The highest BCUT2D eigenvalue weighted by molar-refractivity contribution is 6.04. The molecule has 42 heavy (non-hydrogen) atoms. The van der Waals surface area contributed by atoms with Crippen molar-refractivity contribution in [2.75, 3.05) is 35.6 Å². The Kier molecular flexibility index (Phi) is 9.02. The van der Waals surface area contributed by atoms with Gasteiger partial charge in [0.2, 0.25) is 0 Å². The van der Waals surface area contributed by atoms with Crippen LogP contribution in [0.5, 0.6) is 0 Å². The minimum absolute atomic E-state index is 0.122. The van der Waals surface area contributed by atoms with Crippen LogP contribution in [0.25, 0.3) is 0 Å². The van der Waals surface area contributed by atoms with Crippen LogP contribution in [0.2, 0.25) is 0 Å². The van der Waals surface area contributed by atoms with Crippen molar-refractivity contribution >= 4 is 34.6 Å². The Morgan fingerprint density at radius 2 is 1.67 bits per heavy atom. The van der Waals surface area contributed by atoms with Crippen molar-refractivity contribution in [3.05, 3.63) is 89.7 Å². The number of ether oxygens (including phenoxy) is 1. The molecule has 1 fully saturated rings. The Bertz CT molecular complexity index is 1490. The number of rotatable bonds is 9. The summed E-state index contributed by atoms with van der Waals surface area (Å²) >= 11 is 0. The smallest absolute Gasteiger partial charge is 0.273 e. The first-order valence-electron chi connectivity index (χ1n) is 14.4. The Morgan fingerprint density at radius 1 is 0.976 bits per heavy atom. The van der Waals surface area contributed by atoms with Gasteiger partial charge < -0.3 is 25.6 Å². The van der Waals surface area contributed by atoms with Crippen LogP contribution in [0, 0.1) is 11.7 Å². The second-order valence-corrected chi connectivity index (χ2v) is 10.7. The third-order valence-electron chi connectivity index (χ3n) is 7.69. The van der Waals surface area contributed by atoms with Crippen molar-refractivity contribution in [2.24, 2.45) is 13.0 Å². The second-order valence-electron chi connectivity index (χ2n) is 10.7. The topological polar surface area (TPSA) is 101 Å². The molecule has 1 atom stereocenters. The fourth-order valence-electron chi connectivity index (χ4n) is 5.44. The molecular weight excluding hydrogens is 535 g/mol. The van der Waals surface area contributed by atoms with Gasteiger partial charge >= 0.3 is 0 Å². The van der Waals surface area contributed by atoms with Gasteiger partial charge in [-0.3, -0.25) is 14.3 Å². The van der Waals surface area contributed by atoms with Crippen LogP contribution in [0.1, 0.15) is 43.6 Å². The maximum atomic E-state index is 14.8. The molecule has 3 N–H and O–H groups in total. The van der Waals surface area contributed by atoms with E-state index in [4.69, 9.17) is 4.74 Å². The number of aromatic nitrogens is 2. The van der Waals surface area contributed by atoms with Gasteiger partial charge in [-0.1, -0.05) is 13.0 Å². The number of piperidine rings is 1. The quantitative estimate of drug-likeness (QED) is 0.298. The van der Waals surface area contributed by atoms with E-state index in [9.17, 15) is 14.0 Å².